The Hall–Kier alpha value is -4.93. The number of thiazole rings is 1. The van der Waals surface area contributed by atoms with Crippen molar-refractivity contribution >= 4 is 40.8 Å². The Morgan fingerprint density at radius 2 is 1.74 bits per heavy atom. The van der Waals surface area contributed by atoms with Crippen LogP contribution in [-0.2, 0) is 16.1 Å². The zero-order valence-corrected chi connectivity index (χ0v) is 27.6. The van der Waals surface area contributed by atoms with Gasteiger partial charge in [-0.25, -0.2) is 14.2 Å². The van der Waals surface area contributed by atoms with Crippen molar-refractivity contribution in [3.05, 3.63) is 150 Å². The number of carbonyl (C=O) groups excluding carboxylic acids is 1. The van der Waals surface area contributed by atoms with Gasteiger partial charge in [-0.3, -0.25) is 9.36 Å². The molecule has 4 aromatic carbocycles. The maximum atomic E-state index is 14.2. The van der Waals surface area contributed by atoms with Gasteiger partial charge < -0.3 is 14.2 Å². The number of hydrogen-bond donors (Lipinski definition) is 0. The molecule has 1 aliphatic heterocycles. The van der Waals surface area contributed by atoms with Crippen molar-refractivity contribution in [1.29, 1.82) is 0 Å². The molecular weight excluding hydrogens is 636 g/mol. The van der Waals surface area contributed by atoms with Crippen LogP contribution in [0.3, 0.4) is 0 Å². The maximum Gasteiger partial charge on any atom is 0.338 e. The number of fused-ring (bicyclic) bond motifs is 1. The topological polar surface area (TPSA) is 79.1 Å². The van der Waals surface area contributed by atoms with Gasteiger partial charge in [0, 0.05) is 16.0 Å². The predicted octanol–water partition coefficient (Wildman–Crippen LogP) is 6.38. The summed E-state index contributed by atoms with van der Waals surface area (Å²) in [5, 5.41) is 0. The second-order valence-electron chi connectivity index (χ2n) is 10.5. The smallest absolute Gasteiger partial charge is 0.338 e. The Bertz CT molecular complexity index is 2140. The van der Waals surface area contributed by atoms with Crippen molar-refractivity contribution in [3.8, 4) is 11.5 Å². The van der Waals surface area contributed by atoms with Gasteiger partial charge in [-0.05, 0) is 60.7 Å². The molecule has 10 heteroatoms. The number of rotatable bonds is 10. The SMILES string of the molecule is CCOC(=O)C1=C(c2ccccc2)N=c2s/c(=C\c3ccc(OCc4ccccc4F)c(OC)c3)c(=O)n2[C@@H]1c1ccc(SC)cc1. The first-order valence-corrected chi connectivity index (χ1v) is 16.9. The third-order valence-electron chi connectivity index (χ3n) is 7.63. The lowest BCUT2D eigenvalue weighted by Crippen LogP contribution is -2.40. The number of benzene rings is 4. The number of ether oxygens (including phenoxy) is 3. The molecule has 6 rings (SSSR count). The molecule has 7 nitrogen and oxygen atoms in total. The lowest BCUT2D eigenvalue weighted by atomic mass is 9.93. The molecular formula is C37H31FN2O5S2. The summed E-state index contributed by atoms with van der Waals surface area (Å²) in [7, 11) is 1.52. The van der Waals surface area contributed by atoms with E-state index >= 15 is 0 Å². The van der Waals surface area contributed by atoms with Gasteiger partial charge in [-0.1, -0.05) is 78.1 Å². The summed E-state index contributed by atoms with van der Waals surface area (Å²) >= 11 is 2.85. The highest BCUT2D eigenvalue weighted by Gasteiger charge is 2.35. The van der Waals surface area contributed by atoms with Gasteiger partial charge in [0.15, 0.2) is 16.3 Å². The lowest BCUT2D eigenvalue weighted by Gasteiger charge is -2.26. The number of aromatic nitrogens is 1. The Balaban J connectivity index is 1.47. The van der Waals surface area contributed by atoms with Crippen molar-refractivity contribution in [2.45, 2.75) is 24.5 Å². The zero-order chi connectivity index (χ0) is 32.9. The molecule has 47 heavy (non-hydrogen) atoms. The van der Waals surface area contributed by atoms with Crippen LogP contribution in [-0.4, -0.2) is 30.5 Å². The normalized spacial score (nSPS) is 14.4. The van der Waals surface area contributed by atoms with E-state index in [0.717, 1.165) is 16.0 Å². The minimum atomic E-state index is -0.762. The van der Waals surface area contributed by atoms with Gasteiger partial charge in [0.2, 0.25) is 0 Å². The van der Waals surface area contributed by atoms with E-state index in [-0.39, 0.29) is 24.6 Å². The molecule has 1 atom stereocenters. The molecule has 5 aromatic rings. The number of methoxy groups -OCH3 is 1. The molecule has 1 aliphatic rings. The van der Waals surface area contributed by atoms with Gasteiger partial charge in [0.25, 0.3) is 5.56 Å². The van der Waals surface area contributed by atoms with E-state index in [0.29, 0.717) is 43.2 Å². The van der Waals surface area contributed by atoms with Gasteiger partial charge in [0.1, 0.15) is 12.4 Å². The van der Waals surface area contributed by atoms with Crippen molar-refractivity contribution in [2.24, 2.45) is 4.99 Å². The molecule has 0 spiro atoms. The fraction of sp³-hybridized carbons (Fsp3) is 0.162. The summed E-state index contributed by atoms with van der Waals surface area (Å²) in [5.74, 6) is -0.00208. The molecule has 0 fully saturated rings. The standard InChI is InChI=1S/C37H31FN2O5S2/c1-4-44-36(42)32-33(24-10-6-5-7-11-24)39-37-40(34(32)25-15-17-27(46-3)18-16-25)35(41)31(47-37)21-23-14-19-29(30(20-23)43-2)45-22-26-12-8-9-13-28(26)38/h5-21,34H,4,22H2,1-3H3/b31-21-/t34-/m1/s1. The molecule has 0 radical (unpaired) electrons. The average molecular weight is 667 g/mol. The van der Waals surface area contributed by atoms with E-state index in [1.54, 1.807) is 65.7 Å². The summed E-state index contributed by atoms with van der Waals surface area (Å²) in [5.41, 5.74) is 3.10. The predicted molar refractivity (Wildman–Crippen MR) is 183 cm³/mol. The fourth-order valence-electron chi connectivity index (χ4n) is 5.36. The molecule has 0 bridgehead atoms. The third kappa shape index (κ3) is 6.65. The third-order valence-corrected chi connectivity index (χ3v) is 9.36. The molecule has 0 unspecified atom stereocenters. The summed E-state index contributed by atoms with van der Waals surface area (Å²) in [6, 6.07) is 28.2. The van der Waals surface area contributed by atoms with E-state index in [2.05, 4.69) is 0 Å². The molecule has 0 amide bonds. The van der Waals surface area contributed by atoms with Crippen LogP contribution in [0.25, 0.3) is 11.8 Å². The van der Waals surface area contributed by atoms with Gasteiger partial charge in [-0.15, -0.1) is 11.8 Å². The Morgan fingerprint density at radius 3 is 2.45 bits per heavy atom. The zero-order valence-electron chi connectivity index (χ0n) is 25.9. The molecule has 0 saturated heterocycles. The molecule has 1 aromatic heterocycles. The van der Waals surface area contributed by atoms with E-state index in [1.165, 1.54) is 24.5 Å². The first-order chi connectivity index (χ1) is 22.9. The monoisotopic (exact) mass is 666 g/mol. The summed E-state index contributed by atoms with van der Waals surface area (Å²) in [4.78, 5) is 34.3. The summed E-state index contributed by atoms with van der Waals surface area (Å²) < 4.78 is 33.1. The van der Waals surface area contributed by atoms with Gasteiger partial charge in [0.05, 0.1) is 35.6 Å². The molecule has 0 aliphatic carbocycles. The quantitative estimate of drug-likeness (QED) is 0.127. The van der Waals surface area contributed by atoms with Crippen molar-refractivity contribution in [3.63, 3.8) is 0 Å². The van der Waals surface area contributed by atoms with E-state index < -0.39 is 12.0 Å². The van der Waals surface area contributed by atoms with Crippen LogP contribution in [0.2, 0.25) is 0 Å². The number of hydrogen-bond acceptors (Lipinski definition) is 8. The Kier molecular flexibility index (Phi) is 9.70. The van der Waals surface area contributed by atoms with Crippen molar-refractivity contribution < 1.29 is 23.4 Å². The molecule has 0 N–H and O–H groups in total. The number of esters is 1. The minimum Gasteiger partial charge on any atom is -0.493 e. The van der Waals surface area contributed by atoms with Crippen LogP contribution in [0, 0.1) is 5.82 Å². The lowest BCUT2D eigenvalue weighted by molar-refractivity contribution is -0.138. The largest absolute Gasteiger partial charge is 0.493 e. The summed E-state index contributed by atoms with van der Waals surface area (Å²) in [6.45, 7) is 1.96. The number of thioether (sulfide) groups is 1. The second kappa shape index (κ2) is 14.2. The molecule has 2 heterocycles. The van der Waals surface area contributed by atoms with E-state index in [1.807, 2.05) is 60.9 Å². The summed E-state index contributed by atoms with van der Waals surface area (Å²) in [6.07, 6.45) is 3.75. The highest BCUT2D eigenvalue weighted by atomic mass is 32.2. The Labute approximate surface area is 279 Å². The second-order valence-corrected chi connectivity index (χ2v) is 12.4. The molecule has 238 valence electrons. The number of nitrogens with zero attached hydrogens (tertiary/aromatic N) is 2. The van der Waals surface area contributed by atoms with Gasteiger partial charge >= 0.3 is 5.97 Å². The van der Waals surface area contributed by atoms with Crippen molar-refractivity contribution in [2.75, 3.05) is 20.0 Å². The van der Waals surface area contributed by atoms with Crippen LogP contribution in [0.4, 0.5) is 4.39 Å². The minimum absolute atomic E-state index is 0.0332. The van der Waals surface area contributed by atoms with E-state index in [9.17, 15) is 14.0 Å². The van der Waals surface area contributed by atoms with Crippen LogP contribution in [0.1, 0.15) is 35.2 Å². The van der Waals surface area contributed by atoms with Crippen LogP contribution < -0.4 is 24.4 Å². The first-order valence-electron chi connectivity index (χ1n) is 14.9. The first kappa shape index (κ1) is 32.0. The van der Waals surface area contributed by atoms with Crippen LogP contribution in [0.5, 0.6) is 11.5 Å². The highest BCUT2D eigenvalue weighted by Crippen LogP contribution is 2.36. The fourth-order valence-corrected chi connectivity index (χ4v) is 6.77. The van der Waals surface area contributed by atoms with E-state index in [4.69, 9.17) is 19.2 Å². The van der Waals surface area contributed by atoms with Crippen LogP contribution in [0.15, 0.2) is 117 Å². The van der Waals surface area contributed by atoms with Crippen molar-refractivity contribution in [1.82, 2.24) is 4.57 Å². The average Bonchev–Trinajstić information content (AvgIpc) is 3.41. The molecule has 0 saturated carbocycles. The van der Waals surface area contributed by atoms with Crippen LogP contribution >= 0.6 is 23.1 Å². The maximum absolute atomic E-state index is 14.2. The number of carbonyl (C=O) groups is 1. The highest BCUT2D eigenvalue weighted by molar-refractivity contribution is 7.98. The number of halogens is 1. The van der Waals surface area contributed by atoms with Gasteiger partial charge in [-0.2, -0.15) is 0 Å². The Morgan fingerprint density at radius 1 is 1.00 bits per heavy atom.